The summed E-state index contributed by atoms with van der Waals surface area (Å²) < 4.78 is 0. The van der Waals surface area contributed by atoms with Crippen molar-refractivity contribution >= 4 is 11.9 Å². The molecule has 0 unspecified atom stereocenters. The normalized spacial score (nSPS) is 19.3. The number of rotatable bonds is 5. The maximum atomic E-state index is 12.2. The summed E-state index contributed by atoms with van der Waals surface area (Å²) in [4.78, 5) is 23.2. The van der Waals surface area contributed by atoms with Crippen molar-refractivity contribution in [2.45, 2.75) is 31.7 Å². The molecule has 4 nitrogen and oxygen atoms in total. The van der Waals surface area contributed by atoms with Crippen LogP contribution in [0, 0.1) is 5.92 Å². The lowest BCUT2D eigenvalue weighted by Gasteiger charge is -2.22. The van der Waals surface area contributed by atoms with Crippen molar-refractivity contribution in [1.29, 1.82) is 0 Å². The van der Waals surface area contributed by atoms with Crippen LogP contribution in [0.3, 0.4) is 0 Å². The summed E-state index contributed by atoms with van der Waals surface area (Å²) in [6.07, 6.45) is 6.47. The molecule has 1 aliphatic rings. The van der Waals surface area contributed by atoms with E-state index in [0.717, 1.165) is 24.8 Å². The Kier molecular flexibility index (Phi) is 4.93. The van der Waals surface area contributed by atoms with Crippen molar-refractivity contribution < 1.29 is 14.7 Å². The fourth-order valence-electron chi connectivity index (χ4n) is 2.43. The summed E-state index contributed by atoms with van der Waals surface area (Å²) in [6, 6.07) is 8.78. The van der Waals surface area contributed by atoms with Gasteiger partial charge < -0.3 is 10.4 Å². The molecular weight excluding hydrogens is 254 g/mol. The number of hydrogen-bond acceptors (Lipinski definition) is 2. The first-order valence-electron chi connectivity index (χ1n) is 6.89. The monoisotopic (exact) mass is 273 g/mol. The SMILES string of the molecule is O=C(O)C[C@H](NC(=O)[C@@H]1CC=CCC1)c1ccccc1. The second-order valence-electron chi connectivity index (χ2n) is 5.05. The molecule has 4 heteroatoms. The quantitative estimate of drug-likeness (QED) is 0.810. The molecule has 0 saturated carbocycles. The Bertz CT molecular complexity index is 496. The second kappa shape index (κ2) is 6.89. The molecule has 2 atom stereocenters. The minimum absolute atomic E-state index is 0.0417. The molecule has 0 fully saturated rings. The van der Waals surface area contributed by atoms with E-state index in [0.29, 0.717) is 0 Å². The summed E-state index contributed by atoms with van der Waals surface area (Å²) in [5.74, 6) is -1.01. The van der Waals surface area contributed by atoms with Crippen molar-refractivity contribution in [2.75, 3.05) is 0 Å². The second-order valence-corrected chi connectivity index (χ2v) is 5.05. The Hall–Kier alpha value is -2.10. The molecule has 0 bridgehead atoms. The van der Waals surface area contributed by atoms with Crippen molar-refractivity contribution in [1.82, 2.24) is 5.32 Å². The molecule has 20 heavy (non-hydrogen) atoms. The Labute approximate surface area is 118 Å². The van der Waals surface area contributed by atoms with Crippen LogP contribution in [0.5, 0.6) is 0 Å². The van der Waals surface area contributed by atoms with Crippen molar-refractivity contribution in [2.24, 2.45) is 5.92 Å². The molecular formula is C16H19NO3. The highest BCUT2D eigenvalue weighted by Gasteiger charge is 2.23. The number of benzene rings is 1. The zero-order chi connectivity index (χ0) is 14.4. The van der Waals surface area contributed by atoms with Crippen molar-refractivity contribution in [3.63, 3.8) is 0 Å². The fraction of sp³-hybridized carbons (Fsp3) is 0.375. The summed E-state index contributed by atoms with van der Waals surface area (Å²) in [5, 5.41) is 11.9. The van der Waals surface area contributed by atoms with Gasteiger partial charge in [0.2, 0.25) is 5.91 Å². The number of allylic oxidation sites excluding steroid dienone is 2. The third-order valence-electron chi connectivity index (χ3n) is 3.54. The smallest absolute Gasteiger partial charge is 0.305 e. The topological polar surface area (TPSA) is 66.4 Å². The lowest BCUT2D eigenvalue weighted by molar-refractivity contribution is -0.138. The molecule has 2 rings (SSSR count). The third-order valence-corrected chi connectivity index (χ3v) is 3.54. The number of carboxylic acids is 1. The minimum Gasteiger partial charge on any atom is -0.481 e. The number of carbonyl (C=O) groups is 2. The first kappa shape index (κ1) is 14.3. The summed E-state index contributed by atoms with van der Waals surface area (Å²) in [7, 11) is 0. The van der Waals surface area contributed by atoms with Gasteiger partial charge in [0.25, 0.3) is 0 Å². The van der Waals surface area contributed by atoms with Crippen LogP contribution in [0.25, 0.3) is 0 Å². The highest BCUT2D eigenvalue weighted by Crippen LogP contribution is 2.22. The Balaban J connectivity index is 2.05. The predicted octanol–water partition coefficient (Wildman–Crippen LogP) is 2.67. The Morgan fingerprint density at radius 3 is 2.60 bits per heavy atom. The first-order valence-corrected chi connectivity index (χ1v) is 6.89. The Morgan fingerprint density at radius 2 is 2.00 bits per heavy atom. The molecule has 106 valence electrons. The van der Waals surface area contributed by atoms with Crippen molar-refractivity contribution in [3.05, 3.63) is 48.0 Å². The molecule has 0 radical (unpaired) electrons. The van der Waals surface area contributed by atoms with Crippen LogP contribution in [0.15, 0.2) is 42.5 Å². The van der Waals surface area contributed by atoms with Gasteiger partial charge in [-0.1, -0.05) is 42.5 Å². The number of carboxylic acid groups (broad SMARTS) is 1. The maximum Gasteiger partial charge on any atom is 0.305 e. The Morgan fingerprint density at radius 1 is 1.25 bits per heavy atom. The summed E-state index contributed by atoms with van der Waals surface area (Å²) in [5.41, 5.74) is 0.828. The van der Waals surface area contributed by atoms with E-state index in [4.69, 9.17) is 5.11 Å². The van der Waals surface area contributed by atoms with Crippen LogP contribution in [0.4, 0.5) is 0 Å². The van der Waals surface area contributed by atoms with Gasteiger partial charge in [0, 0.05) is 5.92 Å². The standard InChI is InChI=1S/C16H19NO3/c18-15(19)11-14(12-7-3-1-4-8-12)17-16(20)13-9-5-2-6-10-13/h1-5,7-8,13-14H,6,9-11H2,(H,17,20)(H,18,19)/t13-,14+/m1/s1. The van der Waals surface area contributed by atoms with E-state index in [1.165, 1.54) is 0 Å². The molecule has 1 amide bonds. The number of carbonyl (C=O) groups excluding carboxylic acids is 1. The van der Waals surface area contributed by atoms with Gasteiger partial charge in [0.15, 0.2) is 0 Å². The highest BCUT2D eigenvalue weighted by atomic mass is 16.4. The minimum atomic E-state index is -0.914. The van der Waals surface area contributed by atoms with E-state index in [2.05, 4.69) is 11.4 Å². The third kappa shape index (κ3) is 3.95. The molecule has 1 aliphatic carbocycles. The van der Waals surface area contributed by atoms with Crippen LogP contribution in [-0.4, -0.2) is 17.0 Å². The fourth-order valence-corrected chi connectivity index (χ4v) is 2.43. The molecule has 0 aromatic heterocycles. The molecule has 0 saturated heterocycles. The molecule has 1 aromatic rings. The van der Waals surface area contributed by atoms with Gasteiger partial charge in [0.1, 0.15) is 0 Å². The van der Waals surface area contributed by atoms with Crippen LogP contribution in [-0.2, 0) is 9.59 Å². The van der Waals surface area contributed by atoms with Crippen LogP contribution < -0.4 is 5.32 Å². The number of hydrogen-bond donors (Lipinski definition) is 2. The molecule has 2 N–H and O–H groups in total. The molecule has 1 aromatic carbocycles. The molecule has 0 heterocycles. The summed E-state index contributed by atoms with van der Waals surface area (Å²) >= 11 is 0. The van der Waals surface area contributed by atoms with Gasteiger partial charge >= 0.3 is 5.97 Å². The van der Waals surface area contributed by atoms with E-state index in [1.807, 2.05) is 36.4 Å². The maximum absolute atomic E-state index is 12.2. The van der Waals surface area contributed by atoms with E-state index in [1.54, 1.807) is 0 Å². The zero-order valence-electron chi connectivity index (χ0n) is 11.3. The molecule has 0 spiro atoms. The van der Waals surface area contributed by atoms with Gasteiger partial charge in [-0.05, 0) is 24.8 Å². The average Bonchev–Trinajstić information content (AvgIpc) is 2.48. The lowest BCUT2D eigenvalue weighted by atomic mass is 9.92. The predicted molar refractivity (Wildman–Crippen MR) is 76.1 cm³/mol. The van der Waals surface area contributed by atoms with E-state index in [-0.39, 0.29) is 18.2 Å². The van der Waals surface area contributed by atoms with Gasteiger partial charge in [-0.2, -0.15) is 0 Å². The lowest BCUT2D eigenvalue weighted by Crippen LogP contribution is -2.35. The van der Waals surface area contributed by atoms with E-state index >= 15 is 0 Å². The number of aliphatic carboxylic acids is 1. The van der Waals surface area contributed by atoms with Gasteiger partial charge in [-0.25, -0.2) is 0 Å². The largest absolute Gasteiger partial charge is 0.481 e. The van der Waals surface area contributed by atoms with Gasteiger partial charge in [-0.3, -0.25) is 9.59 Å². The zero-order valence-corrected chi connectivity index (χ0v) is 11.3. The van der Waals surface area contributed by atoms with Crippen LogP contribution in [0.1, 0.15) is 37.3 Å². The van der Waals surface area contributed by atoms with E-state index in [9.17, 15) is 9.59 Å². The first-order chi connectivity index (χ1) is 9.66. The molecule has 0 aliphatic heterocycles. The average molecular weight is 273 g/mol. The summed E-state index contributed by atoms with van der Waals surface area (Å²) in [6.45, 7) is 0. The van der Waals surface area contributed by atoms with E-state index < -0.39 is 12.0 Å². The number of amides is 1. The van der Waals surface area contributed by atoms with Crippen LogP contribution in [0.2, 0.25) is 0 Å². The van der Waals surface area contributed by atoms with Gasteiger partial charge in [-0.15, -0.1) is 0 Å². The van der Waals surface area contributed by atoms with Crippen LogP contribution >= 0.6 is 0 Å². The van der Waals surface area contributed by atoms with Crippen molar-refractivity contribution in [3.8, 4) is 0 Å². The van der Waals surface area contributed by atoms with Gasteiger partial charge in [0.05, 0.1) is 12.5 Å². The number of nitrogens with one attached hydrogen (secondary N) is 1. The highest BCUT2D eigenvalue weighted by molar-refractivity contribution is 5.80.